The van der Waals surface area contributed by atoms with Gasteiger partial charge in [0.25, 0.3) is 5.91 Å². The lowest BCUT2D eigenvalue weighted by molar-refractivity contribution is -0.123. The predicted octanol–water partition coefficient (Wildman–Crippen LogP) is 3.80. The molecule has 1 N–H and O–H groups in total. The lowest BCUT2D eigenvalue weighted by Gasteiger charge is -2.15. The van der Waals surface area contributed by atoms with Gasteiger partial charge in [0, 0.05) is 5.69 Å². The maximum Gasteiger partial charge on any atom is 0.338 e. The van der Waals surface area contributed by atoms with E-state index in [2.05, 4.69) is 5.32 Å². The van der Waals surface area contributed by atoms with Crippen LogP contribution >= 0.6 is 0 Å². The number of ether oxygens (including phenoxy) is 1. The second kappa shape index (κ2) is 7.09. The Morgan fingerprint density at radius 1 is 0.957 bits per heavy atom. The van der Waals surface area contributed by atoms with Gasteiger partial charge in [0.05, 0.1) is 5.56 Å². The van der Waals surface area contributed by atoms with Crippen LogP contribution in [0.2, 0.25) is 0 Å². The number of hydrogen-bond acceptors (Lipinski definition) is 3. The molecule has 120 valence electrons. The zero-order valence-corrected chi connectivity index (χ0v) is 13.8. The molecule has 2 aromatic carbocycles. The molecule has 0 fully saturated rings. The van der Waals surface area contributed by atoms with Crippen molar-refractivity contribution < 1.29 is 14.3 Å². The fraction of sp³-hybridized carbons (Fsp3) is 0.263. The summed E-state index contributed by atoms with van der Waals surface area (Å²) < 4.78 is 5.22. The Morgan fingerprint density at radius 2 is 1.57 bits per heavy atom. The summed E-state index contributed by atoms with van der Waals surface area (Å²) in [6.07, 6.45) is -0.871. The Morgan fingerprint density at radius 3 is 2.17 bits per heavy atom. The summed E-state index contributed by atoms with van der Waals surface area (Å²) in [7, 11) is 0. The summed E-state index contributed by atoms with van der Waals surface area (Å²) in [6, 6.07) is 12.8. The summed E-state index contributed by atoms with van der Waals surface area (Å²) in [5.74, 6) is -0.856. The van der Waals surface area contributed by atoms with Crippen LogP contribution in [0, 0.1) is 20.8 Å². The lowest BCUT2D eigenvalue weighted by Crippen LogP contribution is -2.30. The zero-order chi connectivity index (χ0) is 17.0. The number of carbonyl (C=O) groups excluding carboxylic acids is 2. The molecule has 2 aromatic rings. The number of benzene rings is 2. The molecular weight excluding hydrogens is 290 g/mol. The van der Waals surface area contributed by atoms with Gasteiger partial charge in [-0.3, -0.25) is 4.79 Å². The first-order valence-electron chi connectivity index (χ1n) is 7.52. The minimum atomic E-state index is -0.871. The third-order valence-electron chi connectivity index (χ3n) is 3.58. The third kappa shape index (κ3) is 4.42. The van der Waals surface area contributed by atoms with Gasteiger partial charge in [-0.15, -0.1) is 0 Å². The monoisotopic (exact) mass is 311 g/mol. The number of aryl methyl sites for hydroxylation is 3. The fourth-order valence-corrected chi connectivity index (χ4v) is 2.16. The van der Waals surface area contributed by atoms with E-state index in [0.717, 1.165) is 22.4 Å². The number of esters is 1. The van der Waals surface area contributed by atoms with Crippen LogP contribution in [0.15, 0.2) is 42.5 Å². The zero-order valence-electron chi connectivity index (χ0n) is 13.8. The quantitative estimate of drug-likeness (QED) is 0.874. The van der Waals surface area contributed by atoms with Crippen LogP contribution in [-0.4, -0.2) is 18.0 Å². The van der Waals surface area contributed by atoms with Crippen LogP contribution in [0.3, 0.4) is 0 Å². The Bertz CT molecular complexity index is 720. The molecule has 0 heterocycles. The molecule has 0 spiro atoms. The molecule has 2 rings (SSSR count). The van der Waals surface area contributed by atoms with E-state index in [1.54, 1.807) is 19.1 Å². The summed E-state index contributed by atoms with van der Waals surface area (Å²) >= 11 is 0. The molecule has 4 nitrogen and oxygen atoms in total. The average molecular weight is 311 g/mol. The highest BCUT2D eigenvalue weighted by Crippen LogP contribution is 2.16. The summed E-state index contributed by atoms with van der Waals surface area (Å²) in [6.45, 7) is 7.41. The van der Waals surface area contributed by atoms with E-state index in [1.807, 2.05) is 51.1 Å². The largest absolute Gasteiger partial charge is 0.449 e. The molecule has 1 atom stereocenters. The Kier molecular flexibility index (Phi) is 5.16. The molecule has 0 saturated carbocycles. The molecule has 0 bridgehead atoms. The smallest absolute Gasteiger partial charge is 0.338 e. The van der Waals surface area contributed by atoms with E-state index in [-0.39, 0.29) is 5.91 Å². The van der Waals surface area contributed by atoms with Gasteiger partial charge in [-0.25, -0.2) is 4.79 Å². The minimum Gasteiger partial charge on any atom is -0.449 e. The van der Waals surface area contributed by atoms with Gasteiger partial charge in [0.15, 0.2) is 6.10 Å². The second-order valence-corrected chi connectivity index (χ2v) is 5.72. The van der Waals surface area contributed by atoms with Crippen molar-refractivity contribution in [2.45, 2.75) is 33.8 Å². The highest BCUT2D eigenvalue weighted by molar-refractivity contribution is 5.97. The maximum absolute atomic E-state index is 12.2. The first kappa shape index (κ1) is 16.7. The first-order chi connectivity index (χ1) is 10.9. The van der Waals surface area contributed by atoms with Crippen molar-refractivity contribution in [3.8, 4) is 0 Å². The van der Waals surface area contributed by atoms with Crippen LogP contribution in [0.5, 0.6) is 0 Å². The van der Waals surface area contributed by atoms with Gasteiger partial charge < -0.3 is 10.1 Å². The van der Waals surface area contributed by atoms with Gasteiger partial charge in [0.1, 0.15) is 0 Å². The molecule has 1 amide bonds. The molecule has 4 heteroatoms. The topological polar surface area (TPSA) is 55.4 Å². The number of anilines is 1. The summed E-state index contributed by atoms with van der Waals surface area (Å²) in [5.41, 5.74) is 4.30. The van der Waals surface area contributed by atoms with Crippen molar-refractivity contribution in [1.29, 1.82) is 0 Å². The SMILES string of the molecule is Cc1ccc(C(=O)O[C@H](C)C(=O)Nc2ccc(C)cc2C)cc1. The van der Waals surface area contributed by atoms with Gasteiger partial charge in [-0.05, 0) is 51.5 Å². The molecule has 0 aliphatic heterocycles. The first-order valence-corrected chi connectivity index (χ1v) is 7.52. The maximum atomic E-state index is 12.2. The number of hydrogen-bond donors (Lipinski definition) is 1. The van der Waals surface area contributed by atoms with Crippen molar-refractivity contribution >= 4 is 17.6 Å². The highest BCUT2D eigenvalue weighted by Gasteiger charge is 2.19. The predicted molar refractivity (Wildman–Crippen MR) is 90.6 cm³/mol. The molecule has 0 aliphatic rings. The number of nitrogens with one attached hydrogen (secondary N) is 1. The summed E-state index contributed by atoms with van der Waals surface area (Å²) in [4.78, 5) is 24.2. The standard InChI is InChI=1S/C19H21NO3/c1-12-5-8-16(9-6-12)19(22)23-15(4)18(21)20-17-10-7-13(2)11-14(17)3/h5-11,15H,1-4H3,(H,20,21)/t15-/m1/s1. The molecule has 0 aliphatic carbocycles. The third-order valence-corrected chi connectivity index (χ3v) is 3.58. The van der Waals surface area contributed by atoms with E-state index in [0.29, 0.717) is 5.56 Å². The van der Waals surface area contributed by atoms with Crippen molar-refractivity contribution in [1.82, 2.24) is 0 Å². The van der Waals surface area contributed by atoms with Crippen LogP contribution in [0.4, 0.5) is 5.69 Å². The number of rotatable bonds is 4. The van der Waals surface area contributed by atoms with Crippen molar-refractivity contribution in [3.05, 3.63) is 64.7 Å². The average Bonchev–Trinajstić information content (AvgIpc) is 2.50. The molecule has 23 heavy (non-hydrogen) atoms. The number of carbonyl (C=O) groups is 2. The van der Waals surface area contributed by atoms with Gasteiger partial charge in [0.2, 0.25) is 0 Å². The van der Waals surface area contributed by atoms with Crippen LogP contribution in [-0.2, 0) is 9.53 Å². The Balaban J connectivity index is 1.99. The van der Waals surface area contributed by atoms with Crippen LogP contribution in [0.25, 0.3) is 0 Å². The second-order valence-electron chi connectivity index (χ2n) is 5.72. The van der Waals surface area contributed by atoms with Crippen LogP contribution < -0.4 is 5.32 Å². The van der Waals surface area contributed by atoms with Gasteiger partial charge in [-0.2, -0.15) is 0 Å². The molecule has 0 aromatic heterocycles. The van der Waals surface area contributed by atoms with Crippen LogP contribution in [0.1, 0.15) is 34.0 Å². The lowest BCUT2D eigenvalue weighted by atomic mass is 10.1. The van der Waals surface area contributed by atoms with E-state index in [1.165, 1.54) is 0 Å². The molecule has 0 radical (unpaired) electrons. The van der Waals surface area contributed by atoms with E-state index >= 15 is 0 Å². The molecular formula is C19H21NO3. The Hall–Kier alpha value is -2.62. The highest BCUT2D eigenvalue weighted by atomic mass is 16.5. The van der Waals surface area contributed by atoms with E-state index in [9.17, 15) is 9.59 Å². The molecule has 0 unspecified atom stereocenters. The van der Waals surface area contributed by atoms with Crippen molar-refractivity contribution in [2.24, 2.45) is 0 Å². The van der Waals surface area contributed by atoms with Gasteiger partial charge in [-0.1, -0.05) is 35.4 Å². The Labute approximate surface area is 136 Å². The molecule has 0 saturated heterocycles. The normalized spacial score (nSPS) is 11.7. The fourth-order valence-electron chi connectivity index (χ4n) is 2.16. The number of amides is 1. The van der Waals surface area contributed by atoms with E-state index in [4.69, 9.17) is 4.74 Å². The van der Waals surface area contributed by atoms with Crippen molar-refractivity contribution in [2.75, 3.05) is 5.32 Å². The minimum absolute atomic E-state index is 0.350. The van der Waals surface area contributed by atoms with E-state index < -0.39 is 12.1 Å². The summed E-state index contributed by atoms with van der Waals surface area (Å²) in [5, 5.41) is 2.79. The van der Waals surface area contributed by atoms with Gasteiger partial charge >= 0.3 is 5.97 Å². The van der Waals surface area contributed by atoms with Crippen molar-refractivity contribution in [3.63, 3.8) is 0 Å².